The van der Waals surface area contributed by atoms with Crippen LogP contribution in [0.3, 0.4) is 0 Å². The number of ether oxygens (including phenoxy) is 2. The monoisotopic (exact) mass is 274 g/mol. The topological polar surface area (TPSA) is 43.7 Å². The Hall–Kier alpha value is -2.01. The van der Waals surface area contributed by atoms with E-state index in [0.717, 1.165) is 16.7 Å². The smallest absolute Gasteiger partial charge is 0.270 e. The van der Waals surface area contributed by atoms with Gasteiger partial charge in [-0.15, -0.1) is 0 Å². The van der Waals surface area contributed by atoms with Gasteiger partial charge in [0, 0.05) is 31.6 Å². The minimum absolute atomic E-state index is 0.0611. The molecule has 2 aromatic rings. The summed E-state index contributed by atoms with van der Waals surface area (Å²) in [5.74, 6) is 0.857. The van der Waals surface area contributed by atoms with Crippen LogP contribution in [0.1, 0.15) is 10.5 Å². The number of nitrogens with zero attached hydrogens (tertiary/aromatic N) is 2. The zero-order valence-corrected chi connectivity index (χ0v) is 11.8. The Balaban J connectivity index is 1.98. The van der Waals surface area contributed by atoms with Crippen LogP contribution >= 0.6 is 0 Å². The van der Waals surface area contributed by atoms with E-state index in [9.17, 15) is 4.79 Å². The van der Waals surface area contributed by atoms with E-state index in [1.54, 1.807) is 7.11 Å². The van der Waals surface area contributed by atoms with E-state index in [0.29, 0.717) is 32.0 Å². The Kier molecular flexibility index (Phi) is 3.36. The number of morpholine rings is 1. The number of amides is 1. The maximum absolute atomic E-state index is 12.6. The molecule has 1 aliphatic heterocycles. The number of methoxy groups -OCH3 is 1. The molecule has 2 heterocycles. The van der Waals surface area contributed by atoms with E-state index in [1.807, 2.05) is 40.8 Å². The van der Waals surface area contributed by atoms with Crippen molar-refractivity contribution in [1.82, 2.24) is 9.47 Å². The number of aryl methyl sites for hydroxylation is 1. The highest BCUT2D eigenvalue weighted by Gasteiger charge is 2.22. The molecule has 5 nitrogen and oxygen atoms in total. The van der Waals surface area contributed by atoms with Crippen molar-refractivity contribution < 1.29 is 14.3 Å². The van der Waals surface area contributed by atoms with Crippen LogP contribution in [0, 0.1) is 0 Å². The summed E-state index contributed by atoms with van der Waals surface area (Å²) in [6, 6.07) is 7.77. The third-order valence-electron chi connectivity index (χ3n) is 3.77. The van der Waals surface area contributed by atoms with E-state index in [1.165, 1.54) is 0 Å². The van der Waals surface area contributed by atoms with Crippen LogP contribution in [-0.4, -0.2) is 48.8 Å². The molecule has 1 saturated heterocycles. The molecule has 0 atom stereocenters. The van der Waals surface area contributed by atoms with Crippen LogP contribution in [0.15, 0.2) is 24.3 Å². The Labute approximate surface area is 117 Å². The van der Waals surface area contributed by atoms with Crippen LogP contribution < -0.4 is 4.74 Å². The summed E-state index contributed by atoms with van der Waals surface area (Å²) in [4.78, 5) is 14.4. The molecule has 0 spiro atoms. The SMILES string of the molecule is COc1ccc2cc(C(=O)N3CCOCC3)n(C)c2c1. The van der Waals surface area contributed by atoms with Crippen molar-refractivity contribution in [3.8, 4) is 5.75 Å². The van der Waals surface area contributed by atoms with Gasteiger partial charge >= 0.3 is 0 Å². The predicted octanol–water partition coefficient (Wildman–Crippen LogP) is 1.66. The predicted molar refractivity (Wildman–Crippen MR) is 76.2 cm³/mol. The maximum Gasteiger partial charge on any atom is 0.270 e. The molecule has 1 aromatic carbocycles. The molecule has 1 aliphatic rings. The number of rotatable bonds is 2. The molecular weight excluding hydrogens is 256 g/mol. The molecule has 3 rings (SSSR count). The van der Waals surface area contributed by atoms with Gasteiger partial charge in [0.2, 0.25) is 0 Å². The van der Waals surface area contributed by atoms with E-state index in [-0.39, 0.29) is 5.91 Å². The van der Waals surface area contributed by atoms with Crippen molar-refractivity contribution in [2.75, 3.05) is 33.4 Å². The quantitative estimate of drug-likeness (QED) is 0.836. The van der Waals surface area contributed by atoms with Gasteiger partial charge in [0.25, 0.3) is 5.91 Å². The number of carbonyl (C=O) groups is 1. The number of aromatic nitrogens is 1. The van der Waals surface area contributed by atoms with Crippen LogP contribution in [0.25, 0.3) is 10.9 Å². The Morgan fingerprint density at radius 2 is 2.00 bits per heavy atom. The summed E-state index contributed by atoms with van der Waals surface area (Å²) >= 11 is 0. The molecule has 0 N–H and O–H groups in total. The molecule has 0 bridgehead atoms. The lowest BCUT2D eigenvalue weighted by Gasteiger charge is -2.26. The van der Waals surface area contributed by atoms with Crippen molar-refractivity contribution >= 4 is 16.8 Å². The van der Waals surface area contributed by atoms with Crippen molar-refractivity contribution in [2.45, 2.75) is 0 Å². The van der Waals surface area contributed by atoms with Gasteiger partial charge in [-0.3, -0.25) is 4.79 Å². The lowest BCUT2D eigenvalue weighted by atomic mass is 10.2. The lowest BCUT2D eigenvalue weighted by Crippen LogP contribution is -2.41. The van der Waals surface area contributed by atoms with Gasteiger partial charge in [0.15, 0.2) is 0 Å². The van der Waals surface area contributed by atoms with Gasteiger partial charge < -0.3 is 18.9 Å². The van der Waals surface area contributed by atoms with Crippen molar-refractivity contribution in [3.63, 3.8) is 0 Å². The van der Waals surface area contributed by atoms with Gasteiger partial charge in [0.05, 0.1) is 25.8 Å². The summed E-state index contributed by atoms with van der Waals surface area (Å²) in [6.07, 6.45) is 0. The first-order chi connectivity index (χ1) is 9.70. The Morgan fingerprint density at radius 3 is 2.70 bits per heavy atom. The number of fused-ring (bicyclic) bond motifs is 1. The van der Waals surface area contributed by atoms with Crippen molar-refractivity contribution in [2.24, 2.45) is 7.05 Å². The highest BCUT2D eigenvalue weighted by Crippen LogP contribution is 2.24. The molecule has 20 heavy (non-hydrogen) atoms. The molecule has 1 aromatic heterocycles. The second-order valence-electron chi connectivity index (χ2n) is 4.92. The summed E-state index contributed by atoms with van der Waals surface area (Å²) in [6.45, 7) is 2.54. The minimum atomic E-state index is 0.0611. The summed E-state index contributed by atoms with van der Waals surface area (Å²) in [5, 5.41) is 1.05. The fourth-order valence-corrected chi connectivity index (χ4v) is 2.57. The van der Waals surface area contributed by atoms with Crippen molar-refractivity contribution in [3.05, 3.63) is 30.0 Å². The molecule has 0 unspecified atom stereocenters. The number of hydrogen-bond donors (Lipinski definition) is 0. The summed E-state index contributed by atoms with van der Waals surface area (Å²) in [5.41, 5.74) is 1.70. The lowest BCUT2D eigenvalue weighted by molar-refractivity contribution is 0.0297. The standard InChI is InChI=1S/C15H18N2O3/c1-16-13-10-12(19-2)4-3-11(13)9-14(16)15(18)17-5-7-20-8-6-17/h3-4,9-10H,5-8H2,1-2H3. The average Bonchev–Trinajstić information content (AvgIpc) is 2.84. The molecule has 0 radical (unpaired) electrons. The Bertz CT molecular complexity index is 642. The largest absolute Gasteiger partial charge is 0.497 e. The van der Waals surface area contributed by atoms with Crippen LogP contribution in [0.4, 0.5) is 0 Å². The molecular formula is C15H18N2O3. The first kappa shape index (κ1) is 13.0. The molecule has 1 amide bonds. The zero-order valence-electron chi connectivity index (χ0n) is 11.8. The second-order valence-corrected chi connectivity index (χ2v) is 4.92. The third-order valence-corrected chi connectivity index (χ3v) is 3.77. The van der Waals surface area contributed by atoms with E-state index < -0.39 is 0 Å². The summed E-state index contributed by atoms with van der Waals surface area (Å²) in [7, 11) is 3.55. The second kappa shape index (κ2) is 5.17. The van der Waals surface area contributed by atoms with Gasteiger partial charge in [-0.25, -0.2) is 0 Å². The maximum atomic E-state index is 12.6. The molecule has 1 fully saturated rings. The van der Waals surface area contributed by atoms with Gasteiger partial charge in [-0.2, -0.15) is 0 Å². The first-order valence-electron chi connectivity index (χ1n) is 6.71. The van der Waals surface area contributed by atoms with E-state index in [4.69, 9.17) is 9.47 Å². The van der Waals surface area contributed by atoms with Crippen molar-refractivity contribution in [1.29, 1.82) is 0 Å². The zero-order chi connectivity index (χ0) is 14.1. The third kappa shape index (κ3) is 2.14. The fourth-order valence-electron chi connectivity index (χ4n) is 2.57. The van der Waals surface area contributed by atoms with Gasteiger partial charge in [0.1, 0.15) is 11.4 Å². The molecule has 0 aliphatic carbocycles. The van der Waals surface area contributed by atoms with E-state index in [2.05, 4.69) is 0 Å². The van der Waals surface area contributed by atoms with Gasteiger partial charge in [-0.05, 0) is 18.2 Å². The first-order valence-corrected chi connectivity index (χ1v) is 6.71. The van der Waals surface area contributed by atoms with Gasteiger partial charge in [-0.1, -0.05) is 0 Å². The van der Waals surface area contributed by atoms with Crippen LogP contribution in [0.2, 0.25) is 0 Å². The Morgan fingerprint density at radius 1 is 1.25 bits per heavy atom. The normalized spacial score (nSPS) is 15.6. The minimum Gasteiger partial charge on any atom is -0.497 e. The molecule has 106 valence electrons. The fraction of sp³-hybridized carbons (Fsp3) is 0.400. The van der Waals surface area contributed by atoms with Crippen LogP contribution in [0.5, 0.6) is 5.75 Å². The number of benzene rings is 1. The summed E-state index contributed by atoms with van der Waals surface area (Å²) < 4.78 is 12.5. The number of hydrogen-bond acceptors (Lipinski definition) is 3. The molecule has 5 heteroatoms. The number of carbonyl (C=O) groups excluding carboxylic acids is 1. The van der Waals surface area contributed by atoms with E-state index >= 15 is 0 Å². The highest BCUT2D eigenvalue weighted by atomic mass is 16.5. The highest BCUT2D eigenvalue weighted by molar-refractivity contribution is 5.99. The molecule has 0 saturated carbocycles. The van der Waals surface area contributed by atoms with Crippen LogP contribution in [-0.2, 0) is 11.8 Å². The average molecular weight is 274 g/mol.